The summed E-state index contributed by atoms with van der Waals surface area (Å²) in [6, 6.07) is 5.74. The standard InChI is InChI=1S/C15H20Cl2N4O2/c16-12-2-1-10(7-13(12)17)9-21-5-3-11(4-6-21)19-14(22)8-15(23)20-18/h1-2,7,11H,3-6,8-9,18H2,(H,19,22)(H,20,23). The zero-order valence-electron chi connectivity index (χ0n) is 12.6. The van der Waals surface area contributed by atoms with Crippen molar-refractivity contribution in [3.8, 4) is 0 Å². The number of likely N-dealkylation sites (tertiary alicyclic amines) is 1. The number of rotatable bonds is 5. The van der Waals surface area contributed by atoms with E-state index in [0.29, 0.717) is 10.0 Å². The van der Waals surface area contributed by atoms with Crippen LogP contribution in [0.5, 0.6) is 0 Å². The smallest absolute Gasteiger partial charge is 0.243 e. The summed E-state index contributed by atoms with van der Waals surface area (Å²) in [5.41, 5.74) is 3.06. The number of hydrogen-bond acceptors (Lipinski definition) is 4. The van der Waals surface area contributed by atoms with E-state index in [1.807, 2.05) is 17.6 Å². The van der Waals surface area contributed by atoms with E-state index in [2.05, 4.69) is 10.2 Å². The fourth-order valence-corrected chi connectivity index (χ4v) is 2.93. The lowest BCUT2D eigenvalue weighted by Gasteiger charge is -2.32. The Morgan fingerprint density at radius 2 is 1.87 bits per heavy atom. The molecule has 0 aliphatic carbocycles. The average Bonchev–Trinajstić information content (AvgIpc) is 2.52. The normalized spacial score (nSPS) is 16.1. The second-order valence-corrected chi connectivity index (χ2v) is 6.43. The molecule has 1 aliphatic rings. The molecule has 0 atom stereocenters. The van der Waals surface area contributed by atoms with Crippen molar-refractivity contribution in [2.24, 2.45) is 5.84 Å². The zero-order valence-corrected chi connectivity index (χ0v) is 14.2. The van der Waals surface area contributed by atoms with Crippen LogP contribution in [0.3, 0.4) is 0 Å². The molecule has 0 unspecified atom stereocenters. The van der Waals surface area contributed by atoms with Gasteiger partial charge >= 0.3 is 0 Å². The van der Waals surface area contributed by atoms with Crippen LogP contribution in [-0.4, -0.2) is 35.8 Å². The third-order valence-electron chi connectivity index (χ3n) is 3.82. The number of halogens is 2. The lowest BCUT2D eigenvalue weighted by atomic mass is 10.0. The first-order valence-electron chi connectivity index (χ1n) is 7.43. The van der Waals surface area contributed by atoms with Gasteiger partial charge in [-0.25, -0.2) is 5.84 Å². The van der Waals surface area contributed by atoms with Gasteiger partial charge in [0.1, 0.15) is 6.42 Å². The van der Waals surface area contributed by atoms with E-state index in [0.717, 1.165) is 38.0 Å². The summed E-state index contributed by atoms with van der Waals surface area (Å²) in [6.07, 6.45) is 1.45. The molecular formula is C15H20Cl2N4O2. The fraction of sp³-hybridized carbons (Fsp3) is 0.467. The molecule has 0 bridgehead atoms. The van der Waals surface area contributed by atoms with E-state index in [-0.39, 0.29) is 18.4 Å². The number of nitrogens with one attached hydrogen (secondary N) is 2. The molecule has 2 amide bonds. The first-order chi connectivity index (χ1) is 11.0. The van der Waals surface area contributed by atoms with E-state index < -0.39 is 5.91 Å². The maximum atomic E-state index is 11.7. The number of amides is 2. The summed E-state index contributed by atoms with van der Waals surface area (Å²) < 4.78 is 0. The molecule has 1 aromatic rings. The van der Waals surface area contributed by atoms with Gasteiger partial charge < -0.3 is 5.32 Å². The Labute approximate surface area is 145 Å². The summed E-state index contributed by atoms with van der Waals surface area (Å²) in [7, 11) is 0. The molecule has 8 heteroatoms. The van der Waals surface area contributed by atoms with Gasteiger partial charge in [0.15, 0.2) is 0 Å². The van der Waals surface area contributed by atoms with Gasteiger partial charge in [0.05, 0.1) is 10.0 Å². The predicted molar refractivity (Wildman–Crippen MR) is 89.9 cm³/mol. The van der Waals surface area contributed by atoms with Crippen LogP contribution in [0.4, 0.5) is 0 Å². The van der Waals surface area contributed by atoms with Crippen molar-refractivity contribution in [2.75, 3.05) is 13.1 Å². The Kier molecular flexibility index (Phi) is 6.65. The molecule has 4 N–H and O–H groups in total. The maximum absolute atomic E-state index is 11.7. The number of carbonyl (C=O) groups is 2. The van der Waals surface area contributed by atoms with Crippen LogP contribution in [0.2, 0.25) is 10.0 Å². The monoisotopic (exact) mass is 358 g/mol. The highest BCUT2D eigenvalue weighted by molar-refractivity contribution is 6.42. The number of nitrogens with zero attached hydrogens (tertiary/aromatic N) is 1. The van der Waals surface area contributed by atoms with E-state index in [1.165, 1.54) is 0 Å². The van der Waals surface area contributed by atoms with Crippen molar-refractivity contribution >= 4 is 35.0 Å². The predicted octanol–water partition coefficient (Wildman–Crippen LogP) is 1.45. The molecular weight excluding hydrogens is 339 g/mol. The second kappa shape index (κ2) is 8.49. The number of hydrazine groups is 1. The molecule has 1 aliphatic heterocycles. The Balaban J connectivity index is 1.76. The third-order valence-corrected chi connectivity index (χ3v) is 4.56. The molecule has 126 valence electrons. The quantitative estimate of drug-likeness (QED) is 0.321. The van der Waals surface area contributed by atoms with Crippen LogP contribution >= 0.6 is 23.2 Å². The molecule has 1 fully saturated rings. The molecule has 0 saturated carbocycles. The first kappa shape index (κ1) is 18.0. The highest BCUT2D eigenvalue weighted by Gasteiger charge is 2.21. The molecule has 23 heavy (non-hydrogen) atoms. The van der Waals surface area contributed by atoms with E-state index in [4.69, 9.17) is 29.0 Å². The van der Waals surface area contributed by atoms with Crippen molar-refractivity contribution in [2.45, 2.75) is 31.8 Å². The van der Waals surface area contributed by atoms with Crippen LogP contribution < -0.4 is 16.6 Å². The summed E-state index contributed by atoms with van der Waals surface area (Å²) >= 11 is 11.9. The van der Waals surface area contributed by atoms with Gasteiger partial charge in [0.25, 0.3) is 0 Å². The van der Waals surface area contributed by atoms with Crippen LogP contribution in [0.1, 0.15) is 24.8 Å². The topological polar surface area (TPSA) is 87.5 Å². The van der Waals surface area contributed by atoms with Crippen molar-refractivity contribution in [3.05, 3.63) is 33.8 Å². The Hall–Kier alpha value is -1.34. The summed E-state index contributed by atoms with van der Waals surface area (Å²) in [5, 5.41) is 3.98. The summed E-state index contributed by atoms with van der Waals surface area (Å²) in [5.74, 6) is 4.18. The fourth-order valence-electron chi connectivity index (χ4n) is 2.61. The van der Waals surface area contributed by atoms with Crippen LogP contribution in [0, 0.1) is 0 Å². The van der Waals surface area contributed by atoms with Gasteiger partial charge in [-0.2, -0.15) is 0 Å². The highest BCUT2D eigenvalue weighted by Crippen LogP contribution is 2.24. The van der Waals surface area contributed by atoms with Crippen LogP contribution in [0.25, 0.3) is 0 Å². The molecule has 0 spiro atoms. The number of carbonyl (C=O) groups excluding carboxylic acids is 2. The molecule has 1 heterocycles. The van der Waals surface area contributed by atoms with Gasteiger partial charge in [-0.1, -0.05) is 29.3 Å². The van der Waals surface area contributed by atoms with E-state index >= 15 is 0 Å². The molecule has 2 rings (SSSR count). The molecule has 1 saturated heterocycles. The number of benzene rings is 1. The van der Waals surface area contributed by atoms with Crippen molar-refractivity contribution in [1.29, 1.82) is 0 Å². The number of nitrogens with two attached hydrogens (primary N) is 1. The minimum absolute atomic E-state index is 0.0955. The number of hydrogen-bond donors (Lipinski definition) is 3. The van der Waals surface area contributed by atoms with Crippen LogP contribution in [0.15, 0.2) is 18.2 Å². The highest BCUT2D eigenvalue weighted by atomic mass is 35.5. The lowest BCUT2D eigenvalue weighted by Crippen LogP contribution is -2.45. The van der Waals surface area contributed by atoms with Gasteiger partial charge in [-0.15, -0.1) is 0 Å². The minimum atomic E-state index is -0.487. The van der Waals surface area contributed by atoms with Gasteiger partial charge in [-0.05, 0) is 30.5 Å². The Bertz CT molecular complexity index is 575. The van der Waals surface area contributed by atoms with Gasteiger partial charge in [-0.3, -0.25) is 19.9 Å². The number of piperidine rings is 1. The molecule has 0 aromatic heterocycles. The third kappa shape index (κ3) is 5.66. The van der Waals surface area contributed by atoms with Crippen molar-refractivity contribution in [3.63, 3.8) is 0 Å². The Morgan fingerprint density at radius 3 is 2.48 bits per heavy atom. The maximum Gasteiger partial charge on any atom is 0.243 e. The molecule has 6 nitrogen and oxygen atoms in total. The first-order valence-corrected chi connectivity index (χ1v) is 8.18. The lowest BCUT2D eigenvalue weighted by molar-refractivity contribution is -0.129. The average molecular weight is 359 g/mol. The van der Waals surface area contributed by atoms with E-state index in [1.54, 1.807) is 6.07 Å². The second-order valence-electron chi connectivity index (χ2n) is 5.61. The van der Waals surface area contributed by atoms with Gasteiger partial charge in [0, 0.05) is 25.7 Å². The molecule has 1 aromatic carbocycles. The van der Waals surface area contributed by atoms with Crippen molar-refractivity contribution in [1.82, 2.24) is 15.6 Å². The van der Waals surface area contributed by atoms with Crippen molar-refractivity contribution < 1.29 is 9.59 Å². The SMILES string of the molecule is NNC(=O)CC(=O)NC1CCN(Cc2ccc(Cl)c(Cl)c2)CC1. The molecule has 0 radical (unpaired) electrons. The summed E-state index contributed by atoms with van der Waals surface area (Å²) in [4.78, 5) is 25.0. The van der Waals surface area contributed by atoms with Crippen LogP contribution in [-0.2, 0) is 16.1 Å². The zero-order chi connectivity index (χ0) is 16.8. The summed E-state index contributed by atoms with van der Waals surface area (Å²) in [6.45, 7) is 2.54. The minimum Gasteiger partial charge on any atom is -0.353 e. The van der Waals surface area contributed by atoms with E-state index in [9.17, 15) is 9.59 Å². The largest absolute Gasteiger partial charge is 0.353 e. The Morgan fingerprint density at radius 1 is 1.17 bits per heavy atom. The van der Waals surface area contributed by atoms with Gasteiger partial charge in [0.2, 0.25) is 11.8 Å².